The number of halogens is 2. The van der Waals surface area contributed by atoms with Crippen LogP contribution in [0.2, 0.25) is 0 Å². The van der Waals surface area contributed by atoms with Crippen LogP contribution in [-0.4, -0.2) is 10.2 Å². The summed E-state index contributed by atoms with van der Waals surface area (Å²) in [5, 5.41) is 16.3. The van der Waals surface area contributed by atoms with Crippen LogP contribution in [0.1, 0.15) is 36.1 Å². The van der Waals surface area contributed by atoms with Crippen molar-refractivity contribution >= 4 is 0 Å². The Labute approximate surface area is 131 Å². The van der Waals surface area contributed by atoms with E-state index in [0.29, 0.717) is 12.0 Å². The molecular weight excluding hydrogens is 302 g/mol. The van der Waals surface area contributed by atoms with E-state index in [0.717, 1.165) is 18.2 Å². The number of ether oxygens (including phenoxy) is 1. The number of rotatable bonds is 3. The second-order valence-corrected chi connectivity index (χ2v) is 5.24. The lowest BCUT2D eigenvalue weighted by molar-refractivity contribution is 0.377. The van der Waals surface area contributed by atoms with Crippen molar-refractivity contribution < 1.29 is 13.5 Å². The lowest BCUT2D eigenvalue weighted by Gasteiger charge is -2.24. The third kappa shape index (κ3) is 2.32. The third-order valence-corrected chi connectivity index (χ3v) is 3.81. The zero-order valence-corrected chi connectivity index (χ0v) is 12.4. The largest absolute Gasteiger partial charge is 0.420 e. The molecule has 0 unspecified atom stereocenters. The molecule has 0 fully saturated rings. The van der Waals surface area contributed by atoms with E-state index in [-0.39, 0.29) is 22.9 Å². The minimum absolute atomic E-state index is 0.0350. The molecule has 0 aliphatic carbocycles. The summed E-state index contributed by atoms with van der Waals surface area (Å²) < 4.78 is 33.3. The highest BCUT2D eigenvalue weighted by Crippen LogP contribution is 2.43. The Bertz CT molecular complexity index is 835. The Morgan fingerprint density at radius 2 is 2.22 bits per heavy atom. The lowest BCUT2D eigenvalue weighted by Crippen LogP contribution is -2.22. The van der Waals surface area contributed by atoms with Gasteiger partial charge in [0.1, 0.15) is 11.6 Å². The summed E-state index contributed by atoms with van der Waals surface area (Å²) in [6.45, 7) is 1.98. The Kier molecular flexibility index (Phi) is 3.74. The zero-order chi connectivity index (χ0) is 16.6. The molecule has 3 N–H and O–H groups in total. The van der Waals surface area contributed by atoms with Gasteiger partial charge >= 0.3 is 0 Å². The average Bonchev–Trinajstić information content (AvgIpc) is 2.92. The van der Waals surface area contributed by atoms with E-state index >= 15 is 0 Å². The van der Waals surface area contributed by atoms with Gasteiger partial charge in [0.25, 0.3) is 0 Å². The monoisotopic (exact) mass is 316 g/mol. The highest BCUT2D eigenvalue weighted by atomic mass is 19.2. The number of nitrogens with one attached hydrogen (secondary N) is 1. The van der Waals surface area contributed by atoms with Gasteiger partial charge in [-0.1, -0.05) is 25.5 Å². The van der Waals surface area contributed by atoms with Crippen LogP contribution in [-0.2, 0) is 6.42 Å². The summed E-state index contributed by atoms with van der Waals surface area (Å²) >= 11 is 0. The van der Waals surface area contributed by atoms with Crippen molar-refractivity contribution in [2.75, 3.05) is 0 Å². The van der Waals surface area contributed by atoms with Crippen molar-refractivity contribution in [2.24, 2.45) is 5.73 Å². The van der Waals surface area contributed by atoms with Crippen LogP contribution >= 0.6 is 0 Å². The molecule has 1 aliphatic rings. The number of nitriles is 1. The molecule has 1 atom stereocenters. The van der Waals surface area contributed by atoms with Crippen molar-refractivity contribution in [3.63, 3.8) is 0 Å². The molecule has 0 radical (unpaired) electrons. The van der Waals surface area contributed by atoms with E-state index in [1.54, 1.807) is 0 Å². The van der Waals surface area contributed by atoms with E-state index in [9.17, 15) is 14.0 Å². The second kappa shape index (κ2) is 5.72. The van der Waals surface area contributed by atoms with Crippen molar-refractivity contribution in [3.05, 3.63) is 58.1 Å². The summed E-state index contributed by atoms with van der Waals surface area (Å²) in [6.07, 6.45) is 1.45. The van der Waals surface area contributed by atoms with Crippen molar-refractivity contribution in [1.29, 1.82) is 5.26 Å². The molecule has 0 saturated carbocycles. The fourth-order valence-corrected chi connectivity index (χ4v) is 2.80. The Hall–Kier alpha value is -2.88. The molecule has 5 nitrogen and oxygen atoms in total. The SMILES string of the molecule is CCCc1[nH]nc2c1[C@@H](c1cccc(F)c1F)C(C#N)=C(N)O2. The first-order valence-corrected chi connectivity index (χ1v) is 7.17. The molecule has 0 spiro atoms. The molecule has 23 heavy (non-hydrogen) atoms. The fraction of sp³-hybridized carbons (Fsp3) is 0.250. The van der Waals surface area contributed by atoms with E-state index in [1.165, 1.54) is 12.1 Å². The molecule has 1 aromatic heterocycles. The standard InChI is InChI=1S/C16H14F2N4O/c1-2-4-11-13-12(8-5-3-6-10(17)14(8)18)9(7-19)15(20)23-16(13)22-21-11/h3,5-6,12H,2,4,20H2,1H3,(H,21,22)/t12-/m0/s1. The third-order valence-electron chi connectivity index (χ3n) is 3.81. The minimum atomic E-state index is -1.01. The maximum atomic E-state index is 14.3. The predicted octanol–water partition coefficient (Wildman–Crippen LogP) is 2.86. The first-order valence-electron chi connectivity index (χ1n) is 7.17. The van der Waals surface area contributed by atoms with Crippen LogP contribution in [0.4, 0.5) is 8.78 Å². The number of nitrogens with two attached hydrogens (primary N) is 1. The summed E-state index contributed by atoms with van der Waals surface area (Å²) in [7, 11) is 0. The Balaban J connectivity index is 2.26. The first kappa shape index (κ1) is 15.0. The van der Waals surface area contributed by atoms with Gasteiger partial charge in [-0.15, -0.1) is 5.10 Å². The molecule has 0 saturated heterocycles. The molecule has 1 aromatic carbocycles. The van der Waals surface area contributed by atoms with Crippen LogP contribution in [0.25, 0.3) is 0 Å². The molecule has 2 heterocycles. The number of allylic oxidation sites excluding steroid dienone is 1. The highest BCUT2D eigenvalue weighted by Gasteiger charge is 2.36. The fourth-order valence-electron chi connectivity index (χ4n) is 2.80. The maximum absolute atomic E-state index is 14.3. The van der Waals surface area contributed by atoms with E-state index in [4.69, 9.17) is 10.5 Å². The van der Waals surface area contributed by atoms with Crippen LogP contribution < -0.4 is 10.5 Å². The summed E-state index contributed by atoms with van der Waals surface area (Å²) in [6, 6.07) is 5.81. The van der Waals surface area contributed by atoms with Gasteiger partial charge in [0.2, 0.25) is 11.8 Å². The number of nitrogens with zero attached hydrogens (tertiary/aromatic N) is 2. The van der Waals surface area contributed by atoms with Gasteiger partial charge in [-0.25, -0.2) is 8.78 Å². The summed E-state index contributed by atoms with van der Waals surface area (Å²) in [4.78, 5) is 0. The second-order valence-electron chi connectivity index (χ2n) is 5.24. The van der Waals surface area contributed by atoms with Gasteiger partial charge in [0.05, 0.1) is 11.5 Å². The molecule has 0 bridgehead atoms. The Morgan fingerprint density at radius 3 is 2.91 bits per heavy atom. The van der Waals surface area contributed by atoms with Gasteiger partial charge in [-0.05, 0) is 12.5 Å². The molecule has 3 rings (SSSR count). The molecule has 7 heteroatoms. The number of H-pyrrole nitrogens is 1. The minimum Gasteiger partial charge on any atom is -0.420 e. The summed E-state index contributed by atoms with van der Waals surface area (Å²) in [5.74, 6) is -2.79. The number of hydrogen-bond acceptors (Lipinski definition) is 4. The van der Waals surface area contributed by atoms with Gasteiger partial charge in [-0.3, -0.25) is 5.10 Å². The van der Waals surface area contributed by atoms with Crippen LogP contribution in [0.5, 0.6) is 5.88 Å². The quantitative estimate of drug-likeness (QED) is 0.911. The molecule has 2 aromatic rings. The van der Waals surface area contributed by atoms with E-state index < -0.39 is 17.6 Å². The number of benzene rings is 1. The normalized spacial score (nSPS) is 16.7. The average molecular weight is 316 g/mol. The number of aryl methyl sites for hydroxylation is 1. The molecule has 0 amide bonds. The van der Waals surface area contributed by atoms with Crippen LogP contribution in [0.3, 0.4) is 0 Å². The first-order chi connectivity index (χ1) is 11.1. The van der Waals surface area contributed by atoms with Crippen molar-refractivity contribution in [1.82, 2.24) is 10.2 Å². The van der Waals surface area contributed by atoms with Gasteiger partial charge in [0, 0.05) is 11.3 Å². The van der Waals surface area contributed by atoms with Crippen molar-refractivity contribution in [2.45, 2.75) is 25.7 Å². The number of fused-ring (bicyclic) bond motifs is 1. The Morgan fingerprint density at radius 1 is 1.43 bits per heavy atom. The van der Waals surface area contributed by atoms with Gasteiger partial charge < -0.3 is 10.5 Å². The maximum Gasteiger partial charge on any atom is 0.244 e. The van der Waals surface area contributed by atoms with Crippen LogP contribution in [0, 0.1) is 23.0 Å². The smallest absolute Gasteiger partial charge is 0.244 e. The van der Waals surface area contributed by atoms with Gasteiger partial charge in [0.15, 0.2) is 11.6 Å². The molecule has 118 valence electrons. The summed E-state index contributed by atoms with van der Waals surface area (Å²) in [5.41, 5.74) is 7.09. The number of aromatic nitrogens is 2. The predicted molar refractivity (Wildman–Crippen MR) is 78.2 cm³/mol. The topological polar surface area (TPSA) is 87.7 Å². The van der Waals surface area contributed by atoms with E-state index in [2.05, 4.69) is 10.2 Å². The highest BCUT2D eigenvalue weighted by molar-refractivity contribution is 5.55. The van der Waals surface area contributed by atoms with Crippen molar-refractivity contribution in [3.8, 4) is 11.9 Å². The molecule has 1 aliphatic heterocycles. The number of hydrogen-bond donors (Lipinski definition) is 2. The van der Waals surface area contributed by atoms with E-state index in [1.807, 2.05) is 13.0 Å². The molecular formula is C16H14F2N4O. The van der Waals surface area contributed by atoms with Gasteiger partial charge in [-0.2, -0.15) is 5.26 Å². The zero-order valence-electron chi connectivity index (χ0n) is 12.4. The van der Waals surface area contributed by atoms with Crippen LogP contribution in [0.15, 0.2) is 29.7 Å². The number of aromatic amines is 1. The lowest BCUT2D eigenvalue weighted by atomic mass is 9.83.